The van der Waals surface area contributed by atoms with E-state index in [0.29, 0.717) is 13.0 Å². The molecule has 0 aliphatic rings. The third kappa shape index (κ3) is 5.30. The van der Waals surface area contributed by atoms with Crippen LogP contribution in [0.25, 0.3) is 0 Å². The van der Waals surface area contributed by atoms with Gasteiger partial charge in [-0.3, -0.25) is 4.79 Å². The van der Waals surface area contributed by atoms with Crippen LogP contribution in [0.15, 0.2) is 15.9 Å². The summed E-state index contributed by atoms with van der Waals surface area (Å²) in [5.74, 6) is 0.0137. The van der Waals surface area contributed by atoms with E-state index in [9.17, 15) is 4.79 Å². The summed E-state index contributed by atoms with van der Waals surface area (Å²) in [6.07, 6.45) is 0.416. The highest BCUT2D eigenvalue weighted by Gasteiger charge is 2.18. The van der Waals surface area contributed by atoms with Gasteiger partial charge in [0, 0.05) is 17.0 Å². The van der Waals surface area contributed by atoms with E-state index >= 15 is 0 Å². The number of amides is 1. The molecule has 92 valence electrons. The fourth-order valence-electron chi connectivity index (χ4n) is 1.08. The summed E-state index contributed by atoms with van der Waals surface area (Å²) < 4.78 is 1.04. The number of halogens is 2. The van der Waals surface area contributed by atoms with Crippen molar-refractivity contribution in [3.8, 4) is 0 Å². The van der Waals surface area contributed by atoms with E-state index in [1.54, 1.807) is 11.3 Å². The summed E-state index contributed by atoms with van der Waals surface area (Å²) in [5.41, 5.74) is 5.20. The molecule has 3 nitrogen and oxygen atoms in total. The molecule has 1 amide bonds. The fourth-order valence-corrected chi connectivity index (χ4v) is 2.56. The monoisotopic (exact) mass is 326 g/mol. The zero-order chi connectivity index (χ0) is 11.5. The molecule has 0 aliphatic heterocycles. The largest absolute Gasteiger partial charge is 0.350 e. The minimum Gasteiger partial charge on any atom is -0.350 e. The highest BCUT2D eigenvalue weighted by Crippen LogP contribution is 2.22. The van der Waals surface area contributed by atoms with Gasteiger partial charge in [-0.25, -0.2) is 0 Å². The summed E-state index contributed by atoms with van der Waals surface area (Å²) in [7, 11) is 0. The molecule has 0 bridgehead atoms. The smallest absolute Gasteiger partial charge is 0.225 e. The predicted octanol–water partition coefficient (Wildman–Crippen LogP) is 2.33. The first kappa shape index (κ1) is 15.9. The van der Waals surface area contributed by atoms with Crippen LogP contribution in [-0.4, -0.2) is 18.0 Å². The molecule has 0 radical (unpaired) electrons. The first-order valence-electron chi connectivity index (χ1n) is 4.68. The van der Waals surface area contributed by atoms with Gasteiger partial charge < -0.3 is 11.1 Å². The first-order valence-corrected chi connectivity index (χ1v) is 6.29. The predicted molar refractivity (Wildman–Crippen MR) is 74.2 cm³/mol. The Kier molecular flexibility index (Phi) is 6.55. The molecule has 0 saturated heterocycles. The molecule has 0 spiro atoms. The Morgan fingerprint density at radius 1 is 1.56 bits per heavy atom. The van der Waals surface area contributed by atoms with Gasteiger partial charge in [-0.15, -0.1) is 23.7 Å². The highest BCUT2D eigenvalue weighted by atomic mass is 79.9. The van der Waals surface area contributed by atoms with Crippen molar-refractivity contribution in [2.45, 2.75) is 25.8 Å². The second-order valence-corrected chi connectivity index (χ2v) is 6.57. The van der Waals surface area contributed by atoms with Crippen molar-refractivity contribution in [1.29, 1.82) is 0 Å². The van der Waals surface area contributed by atoms with Crippen LogP contribution >= 0.6 is 39.7 Å². The number of nitrogens with two attached hydrogens (primary N) is 1. The zero-order valence-corrected chi connectivity index (χ0v) is 12.5. The van der Waals surface area contributed by atoms with Gasteiger partial charge >= 0.3 is 0 Å². The number of hydrogen-bond donors (Lipinski definition) is 2. The lowest BCUT2D eigenvalue weighted by atomic mass is 10.1. The molecule has 1 aromatic rings. The van der Waals surface area contributed by atoms with Gasteiger partial charge in [-0.2, -0.15) is 0 Å². The van der Waals surface area contributed by atoms with Crippen LogP contribution in [0, 0.1) is 0 Å². The second-order valence-electron chi connectivity index (χ2n) is 4.02. The van der Waals surface area contributed by atoms with Crippen LogP contribution in [0.2, 0.25) is 0 Å². The molecule has 1 heterocycles. The highest BCUT2D eigenvalue weighted by molar-refractivity contribution is 9.11. The van der Waals surface area contributed by atoms with Gasteiger partial charge in [0.1, 0.15) is 0 Å². The minimum absolute atomic E-state index is 0. The Morgan fingerprint density at radius 3 is 2.62 bits per heavy atom. The van der Waals surface area contributed by atoms with Crippen LogP contribution in [0.3, 0.4) is 0 Å². The average Bonchev–Trinajstić information content (AvgIpc) is 2.50. The van der Waals surface area contributed by atoms with Crippen molar-refractivity contribution in [3.05, 3.63) is 20.8 Å². The quantitative estimate of drug-likeness (QED) is 0.892. The van der Waals surface area contributed by atoms with Gasteiger partial charge in [0.05, 0.1) is 10.2 Å². The van der Waals surface area contributed by atoms with E-state index in [4.69, 9.17) is 5.73 Å². The molecule has 0 atom stereocenters. The van der Waals surface area contributed by atoms with Gasteiger partial charge in [0.25, 0.3) is 0 Å². The van der Waals surface area contributed by atoms with Crippen molar-refractivity contribution < 1.29 is 4.79 Å². The van der Waals surface area contributed by atoms with Crippen LogP contribution in [0.5, 0.6) is 0 Å². The van der Waals surface area contributed by atoms with E-state index in [-0.39, 0.29) is 23.9 Å². The van der Waals surface area contributed by atoms with Crippen LogP contribution in [0.4, 0.5) is 0 Å². The number of nitrogens with one attached hydrogen (secondary N) is 1. The molecular weight excluding hydrogens is 312 g/mol. The van der Waals surface area contributed by atoms with E-state index in [2.05, 4.69) is 21.2 Å². The van der Waals surface area contributed by atoms with Crippen LogP contribution in [0.1, 0.15) is 18.7 Å². The Bertz CT molecular complexity index is 354. The molecule has 1 aromatic heterocycles. The van der Waals surface area contributed by atoms with Gasteiger partial charge in [0.2, 0.25) is 5.91 Å². The van der Waals surface area contributed by atoms with E-state index in [1.165, 1.54) is 0 Å². The third-order valence-electron chi connectivity index (χ3n) is 1.95. The van der Waals surface area contributed by atoms with Crippen LogP contribution < -0.4 is 11.1 Å². The number of carbonyl (C=O) groups excluding carboxylic acids is 1. The molecule has 0 unspecified atom stereocenters. The first-order chi connectivity index (χ1) is 6.93. The number of hydrogen-bond acceptors (Lipinski definition) is 3. The topological polar surface area (TPSA) is 55.1 Å². The maximum Gasteiger partial charge on any atom is 0.225 e. The SMILES string of the molecule is CC(C)(CN)NC(=O)Cc1ccc(Br)s1.Cl. The lowest BCUT2D eigenvalue weighted by molar-refractivity contribution is -0.121. The molecule has 1 rings (SSSR count). The molecule has 16 heavy (non-hydrogen) atoms. The molecule has 0 aromatic carbocycles. The Morgan fingerprint density at radius 2 is 2.19 bits per heavy atom. The second kappa shape index (κ2) is 6.59. The molecule has 0 saturated carbocycles. The van der Waals surface area contributed by atoms with Gasteiger partial charge in [0.15, 0.2) is 0 Å². The average molecular weight is 328 g/mol. The van der Waals surface area contributed by atoms with Crippen molar-refractivity contribution in [2.75, 3.05) is 6.54 Å². The zero-order valence-electron chi connectivity index (χ0n) is 9.25. The standard InChI is InChI=1S/C10H15BrN2OS.ClH/c1-10(2,6-12)13-9(14)5-7-3-4-8(11)15-7;/h3-4H,5-6,12H2,1-2H3,(H,13,14);1H. The lowest BCUT2D eigenvalue weighted by Crippen LogP contribution is -2.49. The van der Waals surface area contributed by atoms with E-state index in [1.807, 2.05) is 26.0 Å². The van der Waals surface area contributed by atoms with Crippen molar-refractivity contribution in [2.24, 2.45) is 5.73 Å². The normalized spacial score (nSPS) is 10.8. The molecule has 6 heteroatoms. The number of carbonyl (C=O) groups is 1. The van der Waals surface area contributed by atoms with Gasteiger partial charge in [-0.1, -0.05) is 0 Å². The van der Waals surface area contributed by atoms with Crippen molar-refractivity contribution in [1.82, 2.24) is 5.32 Å². The summed E-state index contributed by atoms with van der Waals surface area (Å²) in [4.78, 5) is 12.7. The molecular formula is C10H16BrClN2OS. The summed E-state index contributed by atoms with van der Waals surface area (Å²) in [6, 6.07) is 3.89. The minimum atomic E-state index is -0.328. The summed E-state index contributed by atoms with van der Waals surface area (Å²) in [6.45, 7) is 4.26. The number of rotatable bonds is 4. The lowest BCUT2D eigenvalue weighted by Gasteiger charge is -2.23. The van der Waals surface area contributed by atoms with Crippen molar-refractivity contribution >= 4 is 45.6 Å². The summed E-state index contributed by atoms with van der Waals surface area (Å²) >= 11 is 4.94. The number of thiophene rings is 1. The Labute approximate surface area is 114 Å². The van der Waals surface area contributed by atoms with E-state index in [0.717, 1.165) is 8.66 Å². The molecule has 3 N–H and O–H groups in total. The summed E-state index contributed by atoms with van der Waals surface area (Å²) in [5, 5.41) is 2.89. The van der Waals surface area contributed by atoms with Crippen LogP contribution in [-0.2, 0) is 11.2 Å². The Hall–Kier alpha value is -0.100. The third-order valence-corrected chi connectivity index (χ3v) is 3.58. The van der Waals surface area contributed by atoms with E-state index < -0.39 is 0 Å². The fraction of sp³-hybridized carbons (Fsp3) is 0.500. The Balaban J connectivity index is 0.00000225. The van der Waals surface area contributed by atoms with Crippen molar-refractivity contribution in [3.63, 3.8) is 0 Å². The molecule has 0 fully saturated rings. The van der Waals surface area contributed by atoms with Gasteiger partial charge in [-0.05, 0) is 41.9 Å². The molecule has 0 aliphatic carbocycles. The maximum atomic E-state index is 11.6. The maximum absolute atomic E-state index is 11.6.